The number of anilines is 1. The third-order valence-corrected chi connectivity index (χ3v) is 3.89. The average Bonchev–Trinajstić information content (AvgIpc) is 2.31. The normalized spacial score (nSPS) is 28.2. The third-order valence-electron chi connectivity index (χ3n) is 3.89. The zero-order valence-electron chi connectivity index (χ0n) is 11.2. The molecule has 0 amide bonds. The van der Waals surface area contributed by atoms with Gasteiger partial charge in [-0.25, -0.2) is 0 Å². The first-order valence-corrected chi connectivity index (χ1v) is 6.85. The lowest BCUT2D eigenvalue weighted by Crippen LogP contribution is -2.43. The summed E-state index contributed by atoms with van der Waals surface area (Å²) in [4.78, 5) is 0. The summed E-state index contributed by atoms with van der Waals surface area (Å²) in [5.41, 5.74) is 7.28. The van der Waals surface area contributed by atoms with E-state index in [1.165, 1.54) is 6.42 Å². The smallest absolute Gasteiger partial charge is 0.0774 e. The Morgan fingerprint density at radius 3 is 2.94 bits per heavy atom. The lowest BCUT2D eigenvalue weighted by Gasteiger charge is -2.35. The van der Waals surface area contributed by atoms with Crippen LogP contribution in [0.3, 0.4) is 0 Å². The Morgan fingerprint density at radius 2 is 2.22 bits per heavy atom. The van der Waals surface area contributed by atoms with Crippen LogP contribution in [0.15, 0.2) is 24.3 Å². The van der Waals surface area contributed by atoms with Crippen LogP contribution in [-0.2, 0) is 6.54 Å². The molecule has 1 aliphatic carbocycles. The number of nitrogens with one attached hydrogen (secondary N) is 1. The summed E-state index contributed by atoms with van der Waals surface area (Å²) in [6.07, 6.45) is 4.19. The number of aliphatic hydroxyl groups is 1. The van der Waals surface area contributed by atoms with E-state index in [0.717, 1.165) is 37.1 Å². The van der Waals surface area contributed by atoms with Gasteiger partial charge in [-0.3, -0.25) is 0 Å². The summed E-state index contributed by atoms with van der Waals surface area (Å²) >= 11 is 0. The predicted molar refractivity (Wildman–Crippen MR) is 75.1 cm³/mol. The number of para-hydroxylation sites is 1. The molecule has 4 N–H and O–H groups in total. The fourth-order valence-corrected chi connectivity index (χ4v) is 2.92. The van der Waals surface area contributed by atoms with E-state index in [4.69, 9.17) is 5.73 Å². The molecule has 1 fully saturated rings. The van der Waals surface area contributed by atoms with Gasteiger partial charge in [0.25, 0.3) is 0 Å². The van der Waals surface area contributed by atoms with Gasteiger partial charge in [0.15, 0.2) is 0 Å². The second kappa shape index (κ2) is 5.72. The summed E-state index contributed by atoms with van der Waals surface area (Å²) in [5, 5.41) is 13.8. The van der Waals surface area contributed by atoms with E-state index in [-0.39, 0.29) is 0 Å². The standard InChI is InChI=1S/C15H24N2O/c1-12-5-4-8-15(18,9-12)11-17-10-13-6-2-3-7-14(13)16/h2-3,6-7,12,17-18H,4-5,8-11,16H2,1H3. The Morgan fingerprint density at radius 1 is 1.44 bits per heavy atom. The van der Waals surface area contributed by atoms with Gasteiger partial charge in [0, 0.05) is 18.8 Å². The highest BCUT2D eigenvalue weighted by molar-refractivity contribution is 5.46. The summed E-state index contributed by atoms with van der Waals surface area (Å²) in [7, 11) is 0. The van der Waals surface area contributed by atoms with Crippen LogP contribution in [-0.4, -0.2) is 17.3 Å². The maximum atomic E-state index is 10.5. The molecule has 0 saturated heterocycles. The average molecular weight is 248 g/mol. The van der Waals surface area contributed by atoms with E-state index >= 15 is 0 Å². The number of nitrogens with two attached hydrogens (primary N) is 1. The topological polar surface area (TPSA) is 58.3 Å². The zero-order valence-corrected chi connectivity index (χ0v) is 11.2. The quantitative estimate of drug-likeness (QED) is 0.717. The van der Waals surface area contributed by atoms with Crippen LogP contribution in [0.1, 0.15) is 38.2 Å². The molecular formula is C15H24N2O. The zero-order chi connectivity index (χ0) is 13.0. The lowest BCUT2D eigenvalue weighted by atomic mass is 9.79. The third kappa shape index (κ3) is 3.47. The van der Waals surface area contributed by atoms with Gasteiger partial charge in [-0.15, -0.1) is 0 Å². The molecule has 3 heteroatoms. The van der Waals surface area contributed by atoms with E-state index in [2.05, 4.69) is 12.2 Å². The predicted octanol–water partition coefficient (Wildman–Crippen LogP) is 2.30. The van der Waals surface area contributed by atoms with Crippen molar-refractivity contribution in [3.8, 4) is 0 Å². The molecule has 1 aromatic carbocycles. The molecule has 3 nitrogen and oxygen atoms in total. The Bertz CT molecular complexity index is 394. The SMILES string of the molecule is CC1CCCC(O)(CNCc2ccccc2N)C1. The van der Waals surface area contributed by atoms with Gasteiger partial charge in [-0.05, 0) is 30.4 Å². The van der Waals surface area contributed by atoms with Crippen molar-refractivity contribution < 1.29 is 5.11 Å². The minimum absolute atomic E-state index is 0.527. The van der Waals surface area contributed by atoms with E-state index in [1.54, 1.807) is 0 Å². The van der Waals surface area contributed by atoms with Crippen LogP contribution < -0.4 is 11.1 Å². The molecule has 0 bridgehead atoms. The van der Waals surface area contributed by atoms with Crippen molar-refractivity contribution in [2.45, 2.75) is 44.8 Å². The molecule has 0 radical (unpaired) electrons. The molecule has 18 heavy (non-hydrogen) atoms. The van der Waals surface area contributed by atoms with Crippen molar-refractivity contribution in [3.63, 3.8) is 0 Å². The van der Waals surface area contributed by atoms with Gasteiger partial charge >= 0.3 is 0 Å². The van der Waals surface area contributed by atoms with Crippen molar-refractivity contribution in [3.05, 3.63) is 29.8 Å². The second-order valence-electron chi connectivity index (χ2n) is 5.73. The van der Waals surface area contributed by atoms with Gasteiger partial charge in [-0.2, -0.15) is 0 Å². The summed E-state index contributed by atoms with van der Waals surface area (Å²) in [6.45, 7) is 3.61. The number of nitrogen functional groups attached to an aromatic ring is 1. The minimum atomic E-state index is -0.527. The highest BCUT2D eigenvalue weighted by Gasteiger charge is 2.31. The molecule has 0 aromatic heterocycles. The van der Waals surface area contributed by atoms with Crippen LogP contribution in [0, 0.1) is 5.92 Å². The fraction of sp³-hybridized carbons (Fsp3) is 0.600. The Balaban J connectivity index is 1.83. The molecule has 2 rings (SSSR count). The van der Waals surface area contributed by atoms with Crippen LogP contribution in [0.4, 0.5) is 5.69 Å². The monoisotopic (exact) mass is 248 g/mol. The largest absolute Gasteiger partial charge is 0.398 e. The van der Waals surface area contributed by atoms with Crippen molar-refractivity contribution in [2.24, 2.45) is 5.92 Å². The molecule has 2 atom stereocenters. The van der Waals surface area contributed by atoms with E-state index < -0.39 is 5.60 Å². The first-order chi connectivity index (χ1) is 8.59. The van der Waals surface area contributed by atoms with E-state index in [9.17, 15) is 5.11 Å². The first-order valence-electron chi connectivity index (χ1n) is 6.85. The number of rotatable bonds is 4. The van der Waals surface area contributed by atoms with E-state index in [0.29, 0.717) is 12.5 Å². The molecule has 1 aliphatic rings. The van der Waals surface area contributed by atoms with Gasteiger partial charge in [0.1, 0.15) is 0 Å². The molecule has 0 heterocycles. The molecule has 0 aliphatic heterocycles. The van der Waals surface area contributed by atoms with Crippen LogP contribution in [0.5, 0.6) is 0 Å². The number of benzene rings is 1. The Kier molecular flexibility index (Phi) is 4.25. The van der Waals surface area contributed by atoms with Crippen molar-refractivity contribution >= 4 is 5.69 Å². The molecule has 1 aromatic rings. The van der Waals surface area contributed by atoms with Gasteiger partial charge in [0.05, 0.1) is 5.60 Å². The van der Waals surface area contributed by atoms with Crippen LogP contribution in [0.2, 0.25) is 0 Å². The molecule has 0 spiro atoms. The maximum Gasteiger partial charge on any atom is 0.0774 e. The molecule has 100 valence electrons. The maximum absolute atomic E-state index is 10.5. The van der Waals surface area contributed by atoms with Crippen molar-refractivity contribution in [1.82, 2.24) is 5.32 Å². The van der Waals surface area contributed by atoms with Gasteiger partial charge in [-0.1, -0.05) is 38.0 Å². The Hall–Kier alpha value is -1.06. The summed E-state index contributed by atoms with van der Waals surface area (Å²) in [5.74, 6) is 0.632. The van der Waals surface area contributed by atoms with Crippen molar-refractivity contribution in [1.29, 1.82) is 0 Å². The van der Waals surface area contributed by atoms with Crippen LogP contribution >= 0.6 is 0 Å². The fourth-order valence-electron chi connectivity index (χ4n) is 2.92. The van der Waals surface area contributed by atoms with Gasteiger partial charge in [0.2, 0.25) is 0 Å². The summed E-state index contributed by atoms with van der Waals surface area (Å²) in [6, 6.07) is 7.87. The lowest BCUT2D eigenvalue weighted by molar-refractivity contribution is -0.0119. The number of hydrogen-bond donors (Lipinski definition) is 3. The van der Waals surface area contributed by atoms with Gasteiger partial charge < -0.3 is 16.2 Å². The highest BCUT2D eigenvalue weighted by Crippen LogP contribution is 2.31. The number of hydrogen-bond acceptors (Lipinski definition) is 3. The molecular weight excluding hydrogens is 224 g/mol. The van der Waals surface area contributed by atoms with E-state index in [1.807, 2.05) is 24.3 Å². The second-order valence-corrected chi connectivity index (χ2v) is 5.73. The molecule has 1 saturated carbocycles. The highest BCUT2D eigenvalue weighted by atomic mass is 16.3. The Labute approximate surface area is 109 Å². The minimum Gasteiger partial charge on any atom is -0.398 e. The van der Waals surface area contributed by atoms with Crippen LogP contribution in [0.25, 0.3) is 0 Å². The van der Waals surface area contributed by atoms with Crippen molar-refractivity contribution in [2.75, 3.05) is 12.3 Å². The first kappa shape index (κ1) is 13.4. The molecule has 2 unspecified atom stereocenters. The summed E-state index contributed by atoms with van der Waals surface area (Å²) < 4.78 is 0.